The molecule has 146 valence electrons. The second kappa shape index (κ2) is 8.57. The average Bonchev–Trinajstić information content (AvgIpc) is 2.66. The molecule has 2 aromatic rings. The van der Waals surface area contributed by atoms with E-state index < -0.39 is 15.9 Å². The van der Waals surface area contributed by atoms with Gasteiger partial charge in [-0.25, -0.2) is 8.42 Å². The number of sulfonamides is 1. The average molecular weight is 415 g/mol. The zero-order valence-electron chi connectivity index (χ0n) is 15.1. The maximum absolute atomic E-state index is 12.5. The minimum absolute atomic E-state index is 0.0861. The maximum Gasteiger partial charge on any atom is 0.268 e. The molecule has 1 N–H and O–H groups in total. The predicted molar refractivity (Wildman–Crippen MR) is 101 cm³/mol. The first kappa shape index (κ1) is 21.0. The monoisotopic (exact) mass is 414 g/mol. The van der Waals surface area contributed by atoms with Gasteiger partial charge in [-0.1, -0.05) is 16.1 Å². The van der Waals surface area contributed by atoms with Gasteiger partial charge in [-0.05, 0) is 36.4 Å². The highest BCUT2D eigenvalue weighted by molar-refractivity contribution is 7.89. The van der Waals surface area contributed by atoms with Gasteiger partial charge in [0.15, 0.2) is 0 Å². The van der Waals surface area contributed by atoms with Crippen molar-refractivity contribution in [3.8, 4) is 11.5 Å². The number of carbonyl (C=O) groups excluding carboxylic acids is 1. The summed E-state index contributed by atoms with van der Waals surface area (Å²) in [4.78, 5) is 17.1. The van der Waals surface area contributed by atoms with Crippen LogP contribution in [0.1, 0.15) is 10.4 Å². The Hall–Kier alpha value is -2.33. The summed E-state index contributed by atoms with van der Waals surface area (Å²) < 4.78 is 35.9. The third-order valence-electron chi connectivity index (χ3n) is 3.71. The summed E-state index contributed by atoms with van der Waals surface area (Å²) in [6.45, 7) is 0. The summed E-state index contributed by atoms with van der Waals surface area (Å²) in [6.07, 6.45) is 0. The van der Waals surface area contributed by atoms with E-state index in [0.717, 1.165) is 0 Å². The van der Waals surface area contributed by atoms with Crippen molar-refractivity contribution in [2.24, 2.45) is 0 Å². The number of carbonyl (C=O) groups is 1. The van der Waals surface area contributed by atoms with Gasteiger partial charge in [0.2, 0.25) is 0 Å². The van der Waals surface area contributed by atoms with E-state index in [-0.39, 0.29) is 16.2 Å². The van der Waals surface area contributed by atoms with Crippen LogP contribution in [0, 0.1) is 0 Å². The van der Waals surface area contributed by atoms with Crippen LogP contribution >= 0.6 is 11.6 Å². The molecule has 8 nitrogen and oxygen atoms in total. The van der Waals surface area contributed by atoms with Crippen molar-refractivity contribution in [3.05, 3.63) is 47.0 Å². The van der Waals surface area contributed by atoms with Gasteiger partial charge >= 0.3 is 0 Å². The van der Waals surface area contributed by atoms with E-state index in [2.05, 4.69) is 5.32 Å². The molecular formula is C17H19ClN2O6S. The molecule has 0 aliphatic carbocycles. The van der Waals surface area contributed by atoms with Gasteiger partial charge in [0.05, 0.1) is 26.4 Å². The van der Waals surface area contributed by atoms with E-state index in [1.807, 2.05) is 0 Å². The zero-order valence-corrected chi connectivity index (χ0v) is 16.7. The second-order valence-electron chi connectivity index (χ2n) is 5.27. The van der Waals surface area contributed by atoms with Crippen molar-refractivity contribution in [2.75, 3.05) is 33.7 Å². The first-order chi connectivity index (χ1) is 12.7. The molecule has 2 rings (SSSR count). The molecule has 0 fully saturated rings. The number of amides is 1. The first-order valence-electron chi connectivity index (χ1n) is 7.60. The van der Waals surface area contributed by atoms with Crippen molar-refractivity contribution in [1.29, 1.82) is 0 Å². The molecule has 0 aliphatic rings. The molecule has 0 aromatic heterocycles. The van der Waals surface area contributed by atoms with Gasteiger partial charge < -0.3 is 14.8 Å². The fraction of sp³-hybridized carbons (Fsp3) is 0.235. The van der Waals surface area contributed by atoms with E-state index in [1.165, 1.54) is 52.6 Å². The smallest absolute Gasteiger partial charge is 0.268 e. The number of hydrogen-bond donors (Lipinski definition) is 1. The van der Waals surface area contributed by atoms with Crippen molar-refractivity contribution < 1.29 is 27.5 Å². The number of hydroxylamine groups is 1. The summed E-state index contributed by atoms with van der Waals surface area (Å²) in [5.41, 5.74) is 0.547. The van der Waals surface area contributed by atoms with Gasteiger partial charge in [-0.15, -0.1) is 0 Å². The lowest BCUT2D eigenvalue weighted by Crippen LogP contribution is -2.26. The molecule has 2 aromatic carbocycles. The summed E-state index contributed by atoms with van der Waals surface area (Å²) in [5.74, 6) is 0.0356. The number of benzene rings is 2. The van der Waals surface area contributed by atoms with Crippen LogP contribution in [0.2, 0.25) is 5.02 Å². The lowest BCUT2D eigenvalue weighted by Gasteiger charge is -2.17. The SMILES string of the molecule is COc1ccc(NC(=O)c2ccc(OC)c(S(=O)(=O)N(C)OC)c2)cc1Cl. The highest BCUT2D eigenvalue weighted by Gasteiger charge is 2.26. The quantitative estimate of drug-likeness (QED) is 0.700. The topological polar surface area (TPSA) is 94.2 Å². The molecular weight excluding hydrogens is 396 g/mol. The molecule has 0 unspecified atom stereocenters. The van der Waals surface area contributed by atoms with Crippen LogP contribution < -0.4 is 14.8 Å². The molecule has 10 heteroatoms. The van der Waals surface area contributed by atoms with Crippen LogP contribution in [0.15, 0.2) is 41.3 Å². The van der Waals surface area contributed by atoms with Crippen molar-refractivity contribution in [2.45, 2.75) is 4.90 Å². The summed E-state index contributed by atoms with van der Waals surface area (Å²) in [6, 6.07) is 8.80. The molecule has 0 atom stereocenters. The highest BCUT2D eigenvalue weighted by Crippen LogP contribution is 2.29. The number of methoxy groups -OCH3 is 2. The fourth-order valence-electron chi connectivity index (χ4n) is 2.20. The Morgan fingerprint density at radius 3 is 2.22 bits per heavy atom. The van der Waals surface area contributed by atoms with Crippen LogP contribution in [-0.2, 0) is 14.9 Å². The number of ether oxygens (including phenoxy) is 2. The van der Waals surface area contributed by atoms with Gasteiger partial charge in [-0.3, -0.25) is 9.63 Å². The Morgan fingerprint density at radius 1 is 1.04 bits per heavy atom. The third-order valence-corrected chi connectivity index (χ3v) is 5.71. The van der Waals surface area contributed by atoms with E-state index in [9.17, 15) is 13.2 Å². The molecule has 0 radical (unpaired) electrons. The lowest BCUT2D eigenvalue weighted by molar-refractivity contribution is -0.0259. The molecule has 0 aliphatic heterocycles. The maximum atomic E-state index is 12.5. The molecule has 0 spiro atoms. The predicted octanol–water partition coefficient (Wildman–Crippen LogP) is 2.79. The van der Waals surface area contributed by atoms with Crippen molar-refractivity contribution in [1.82, 2.24) is 4.47 Å². The van der Waals surface area contributed by atoms with E-state index in [0.29, 0.717) is 20.9 Å². The van der Waals surface area contributed by atoms with Crippen LogP contribution in [0.3, 0.4) is 0 Å². The molecule has 1 amide bonds. The Labute approximate surface area is 162 Å². The van der Waals surface area contributed by atoms with E-state index in [4.69, 9.17) is 25.9 Å². The minimum Gasteiger partial charge on any atom is -0.495 e. The molecule has 0 heterocycles. The lowest BCUT2D eigenvalue weighted by atomic mass is 10.2. The minimum atomic E-state index is -4.01. The number of halogens is 1. The Kier molecular flexibility index (Phi) is 6.66. The largest absolute Gasteiger partial charge is 0.495 e. The number of nitrogens with zero attached hydrogens (tertiary/aromatic N) is 1. The fourth-order valence-corrected chi connectivity index (χ4v) is 3.62. The van der Waals surface area contributed by atoms with Gasteiger partial charge in [0, 0.05) is 18.3 Å². The number of hydrogen-bond acceptors (Lipinski definition) is 6. The summed E-state index contributed by atoms with van der Waals surface area (Å²) in [5, 5.41) is 2.98. The standard InChI is InChI=1S/C17H19ClN2O6S/c1-20(26-4)27(22,23)16-9-11(5-7-15(16)25-3)17(21)19-12-6-8-14(24-2)13(18)10-12/h5-10H,1-4H3,(H,19,21). The number of rotatable bonds is 7. The number of nitrogens with one attached hydrogen (secondary N) is 1. The summed E-state index contributed by atoms with van der Waals surface area (Å²) >= 11 is 6.04. The Balaban J connectivity index is 2.37. The van der Waals surface area contributed by atoms with Crippen molar-refractivity contribution in [3.63, 3.8) is 0 Å². The first-order valence-corrected chi connectivity index (χ1v) is 9.42. The summed E-state index contributed by atoms with van der Waals surface area (Å²) in [7, 11) is 1.26. The van der Waals surface area contributed by atoms with E-state index in [1.54, 1.807) is 12.1 Å². The number of anilines is 1. The highest BCUT2D eigenvalue weighted by atomic mass is 35.5. The molecule has 0 saturated heterocycles. The zero-order chi connectivity index (χ0) is 20.2. The molecule has 0 bridgehead atoms. The van der Waals surface area contributed by atoms with Crippen LogP contribution in [0.25, 0.3) is 0 Å². The van der Waals surface area contributed by atoms with Gasteiger partial charge in [0.1, 0.15) is 16.4 Å². The Bertz CT molecular complexity index is 948. The van der Waals surface area contributed by atoms with E-state index >= 15 is 0 Å². The normalized spacial score (nSPS) is 11.3. The third kappa shape index (κ3) is 4.51. The van der Waals surface area contributed by atoms with Crippen LogP contribution in [-0.4, -0.2) is 47.2 Å². The van der Waals surface area contributed by atoms with Gasteiger partial charge in [-0.2, -0.15) is 0 Å². The Morgan fingerprint density at radius 2 is 1.67 bits per heavy atom. The second-order valence-corrected chi connectivity index (χ2v) is 7.58. The van der Waals surface area contributed by atoms with Crippen LogP contribution in [0.5, 0.6) is 11.5 Å². The van der Waals surface area contributed by atoms with Crippen molar-refractivity contribution >= 4 is 33.2 Å². The molecule has 27 heavy (non-hydrogen) atoms. The molecule has 0 saturated carbocycles. The van der Waals surface area contributed by atoms with Crippen LogP contribution in [0.4, 0.5) is 5.69 Å². The van der Waals surface area contributed by atoms with Gasteiger partial charge in [0.25, 0.3) is 15.9 Å².